The number of anilines is 1. The molecule has 0 amide bonds. The van der Waals surface area contributed by atoms with Crippen LogP contribution in [0, 0.1) is 17.7 Å². The van der Waals surface area contributed by atoms with Crippen molar-refractivity contribution in [2.45, 2.75) is 45.7 Å². The molecule has 20 heavy (non-hydrogen) atoms. The lowest BCUT2D eigenvalue weighted by Gasteiger charge is -2.24. The number of halogens is 1. The van der Waals surface area contributed by atoms with Crippen LogP contribution in [0.5, 0.6) is 0 Å². The van der Waals surface area contributed by atoms with Gasteiger partial charge in [-0.25, -0.2) is 4.39 Å². The van der Waals surface area contributed by atoms with Crippen molar-refractivity contribution in [3.63, 3.8) is 0 Å². The highest BCUT2D eigenvalue weighted by atomic mass is 19.1. The summed E-state index contributed by atoms with van der Waals surface area (Å²) in [5, 5.41) is 3.41. The van der Waals surface area contributed by atoms with Gasteiger partial charge in [0, 0.05) is 25.7 Å². The number of hydrogen-bond acceptors (Lipinski definition) is 2. The van der Waals surface area contributed by atoms with Crippen LogP contribution in [0.3, 0.4) is 0 Å². The molecule has 1 saturated carbocycles. The third-order valence-corrected chi connectivity index (χ3v) is 4.81. The van der Waals surface area contributed by atoms with Gasteiger partial charge in [0.2, 0.25) is 0 Å². The fourth-order valence-electron chi connectivity index (χ4n) is 3.79. The Kier molecular flexibility index (Phi) is 3.97. The molecule has 1 aromatic carbocycles. The maximum Gasteiger partial charge on any atom is 0.146 e. The summed E-state index contributed by atoms with van der Waals surface area (Å²) in [6, 6.07) is 5.90. The average molecular weight is 276 g/mol. The van der Waals surface area contributed by atoms with E-state index < -0.39 is 0 Å². The van der Waals surface area contributed by atoms with Gasteiger partial charge in [-0.15, -0.1) is 0 Å². The lowest BCUT2D eigenvalue weighted by atomic mass is 10.0. The van der Waals surface area contributed by atoms with Gasteiger partial charge in [0.15, 0.2) is 0 Å². The Morgan fingerprint density at radius 3 is 2.60 bits per heavy atom. The van der Waals surface area contributed by atoms with Crippen molar-refractivity contribution in [1.82, 2.24) is 5.32 Å². The molecule has 3 heteroatoms. The molecule has 0 radical (unpaired) electrons. The SMILES string of the molecule is CC(C)NCc1cccc(F)c1N1CC2CCCC2C1. The fraction of sp³-hybridized carbons (Fsp3) is 0.647. The number of hydrogen-bond donors (Lipinski definition) is 1. The van der Waals surface area contributed by atoms with E-state index in [4.69, 9.17) is 0 Å². The van der Waals surface area contributed by atoms with Gasteiger partial charge in [0.25, 0.3) is 0 Å². The van der Waals surface area contributed by atoms with E-state index in [1.165, 1.54) is 19.3 Å². The lowest BCUT2D eigenvalue weighted by Crippen LogP contribution is -2.27. The van der Waals surface area contributed by atoms with Gasteiger partial charge < -0.3 is 10.2 Å². The van der Waals surface area contributed by atoms with Crippen molar-refractivity contribution >= 4 is 5.69 Å². The summed E-state index contributed by atoms with van der Waals surface area (Å²) >= 11 is 0. The summed E-state index contributed by atoms with van der Waals surface area (Å²) < 4.78 is 14.3. The van der Waals surface area contributed by atoms with E-state index in [1.807, 2.05) is 6.07 Å². The van der Waals surface area contributed by atoms with Gasteiger partial charge in [0.1, 0.15) is 5.82 Å². The predicted octanol–water partition coefficient (Wildman–Crippen LogP) is 3.56. The van der Waals surface area contributed by atoms with E-state index in [1.54, 1.807) is 6.07 Å². The highest BCUT2D eigenvalue weighted by molar-refractivity contribution is 5.56. The second kappa shape index (κ2) is 5.72. The maximum absolute atomic E-state index is 14.3. The molecule has 2 atom stereocenters. The summed E-state index contributed by atoms with van der Waals surface area (Å²) in [6.45, 7) is 7.08. The van der Waals surface area contributed by atoms with Gasteiger partial charge in [0.05, 0.1) is 5.69 Å². The largest absolute Gasteiger partial charge is 0.368 e. The normalized spacial score (nSPS) is 25.5. The van der Waals surface area contributed by atoms with E-state index in [2.05, 4.69) is 30.1 Å². The first-order valence-corrected chi connectivity index (χ1v) is 7.91. The Hall–Kier alpha value is -1.09. The van der Waals surface area contributed by atoms with E-state index in [-0.39, 0.29) is 5.82 Å². The molecule has 2 aliphatic rings. The average Bonchev–Trinajstić information content (AvgIpc) is 2.97. The quantitative estimate of drug-likeness (QED) is 0.904. The molecule has 1 heterocycles. The van der Waals surface area contributed by atoms with Crippen LogP contribution >= 0.6 is 0 Å². The molecule has 1 aliphatic carbocycles. The molecule has 1 N–H and O–H groups in total. The van der Waals surface area contributed by atoms with Crippen LogP contribution < -0.4 is 10.2 Å². The maximum atomic E-state index is 14.3. The highest BCUT2D eigenvalue weighted by Crippen LogP contribution is 2.41. The molecule has 110 valence electrons. The minimum Gasteiger partial charge on any atom is -0.368 e. The molecule has 0 aromatic heterocycles. The monoisotopic (exact) mass is 276 g/mol. The van der Waals surface area contributed by atoms with Gasteiger partial charge in [-0.2, -0.15) is 0 Å². The van der Waals surface area contributed by atoms with Crippen molar-refractivity contribution < 1.29 is 4.39 Å². The lowest BCUT2D eigenvalue weighted by molar-refractivity contribution is 0.494. The molecule has 0 spiro atoms. The molecular weight excluding hydrogens is 251 g/mol. The van der Waals surface area contributed by atoms with Gasteiger partial charge in [-0.05, 0) is 36.3 Å². The number of rotatable bonds is 4. The number of nitrogens with zero attached hydrogens (tertiary/aromatic N) is 1. The first-order chi connectivity index (χ1) is 9.65. The zero-order valence-corrected chi connectivity index (χ0v) is 12.5. The Labute approximate surface area is 121 Å². The molecule has 1 saturated heterocycles. The molecule has 1 aliphatic heterocycles. The van der Waals surface area contributed by atoms with Crippen molar-refractivity contribution in [1.29, 1.82) is 0 Å². The summed E-state index contributed by atoms with van der Waals surface area (Å²) in [6.07, 6.45) is 4.02. The molecule has 1 aromatic rings. The van der Waals surface area contributed by atoms with Crippen LogP contribution in [0.25, 0.3) is 0 Å². The number of nitrogens with one attached hydrogen (secondary N) is 1. The van der Waals surface area contributed by atoms with E-state index in [9.17, 15) is 4.39 Å². The molecule has 2 nitrogen and oxygen atoms in total. The summed E-state index contributed by atoms with van der Waals surface area (Å²) in [5.74, 6) is 1.52. The van der Waals surface area contributed by atoms with Crippen molar-refractivity contribution in [2.75, 3.05) is 18.0 Å². The zero-order valence-electron chi connectivity index (χ0n) is 12.5. The Morgan fingerprint density at radius 1 is 1.25 bits per heavy atom. The van der Waals surface area contributed by atoms with Crippen LogP contribution in [0.15, 0.2) is 18.2 Å². The summed E-state index contributed by atoms with van der Waals surface area (Å²) in [7, 11) is 0. The van der Waals surface area contributed by atoms with E-state index in [0.29, 0.717) is 6.04 Å². The van der Waals surface area contributed by atoms with E-state index in [0.717, 1.165) is 42.7 Å². The Morgan fingerprint density at radius 2 is 1.95 bits per heavy atom. The highest BCUT2D eigenvalue weighted by Gasteiger charge is 2.37. The standard InChI is InChI=1S/C17H25FN2/c1-12(2)19-9-13-5-4-8-16(18)17(13)20-10-14-6-3-7-15(14)11-20/h4-5,8,12,14-15,19H,3,6-7,9-11H2,1-2H3. The molecule has 0 bridgehead atoms. The van der Waals surface area contributed by atoms with Crippen LogP contribution in [-0.2, 0) is 6.54 Å². The van der Waals surface area contributed by atoms with Crippen molar-refractivity contribution in [3.05, 3.63) is 29.6 Å². The molecule has 2 unspecified atom stereocenters. The van der Waals surface area contributed by atoms with Gasteiger partial charge in [-0.3, -0.25) is 0 Å². The minimum absolute atomic E-state index is 0.0620. The zero-order chi connectivity index (χ0) is 14.1. The number of benzene rings is 1. The van der Waals surface area contributed by atoms with Crippen LogP contribution in [-0.4, -0.2) is 19.1 Å². The van der Waals surface area contributed by atoms with Crippen LogP contribution in [0.1, 0.15) is 38.7 Å². The van der Waals surface area contributed by atoms with Crippen molar-refractivity contribution in [2.24, 2.45) is 11.8 Å². The third-order valence-electron chi connectivity index (χ3n) is 4.81. The minimum atomic E-state index is -0.0620. The van der Waals surface area contributed by atoms with Gasteiger partial charge in [-0.1, -0.05) is 32.4 Å². The molecule has 3 rings (SSSR count). The van der Waals surface area contributed by atoms with Crippen LogP contribution in [0.4, 0.5) is 10.1 Å². The first-order valence-electron chi connectivity index (χ1n) is 7.91. The topological polar surface area (TPSA) is 15.3 Å². The summed E-state index contributed by atoms with van der Waals surface area (Å²) in [5.41, 5.74) is 1.94. The Bertz CT molecular complexity index is 460. The van der Waals surface area contributed by atoms with Crippen LogP contribution in [0.2, 0.25) is 0 Å². The van der Waals surface area contributed by atoms with Crippen molar-refractivity contribution in [3.8, 4) is 0 Å². The predicted molar refractivity (Wildman–Crippen MR) is 81.4 cm³/mol. The number of fused-ring (bicyclic) bond motifs is 1. The molecule has 2 fully saturated rings. The fourth-order valence-corrected chi connectivity index (χ4v) is 3.79. The van der Waals surface area contributed by atoms with Gasteiger partial charge >= 0.3 is 0 Å². The third kappa shape index (κ3) is 2.69. The van der Waals surface area contributed by atoms with E-state index >= 15 is 0 Å². The Balaban J connectivity index is 1.81. The first kappa shape index (κ1) is 13.9. The second-order valence-electron chi connectivity index (χ2n) is 6.64. The molecular formula is C17H25FN2. The number of para-hydroxylation sites is 1. The summed E-state index contributed by atoms with van der Waals surface area (Å²) in [4.78, 5) is 2.29. The smallest absolute Gasteiger partial charge is 0.146 e. The second-order valence-corrected chi connectivity index (χ2v) is 6.64.